The molecule has 3 atom stereocenters. The molecule has 0 amide bonds. The van der Waals surface area contributed by atoms with Crippen LogP contribution in [-0.2, 0) is 0 Å². The maximum atomic E-state index is 10.1. The van der Waals surface area contributed by atoms with Crippen LogP contribution in [0.4, 0.5) is 0 Å². The number of unbranched alkanes of at least 4 members (excludes halogenated alkanes) is 12. The van der Waals surface area contributed by atoms with Crippen molar-refractivity contribution in [3.05, 3.63) is 0 Å². The number of hydrogen-bond acceptors (Lipinski definition) is 4. The second kappa shape index (κ2) is 17.0. The van der Waals surface area contributed by atoms with Gasteiger partial charge in [0.05, 0.1) is 0 Å². The van der Waals surface area contributed by atoms with Gasteiger partial charge in [-0.05, 0) is 26.2 Å². The standard InChI is InChI=1S/C22H47N3O/c1-3-4-5-6-7-8-9-10-11-12-13-14-15-16-22(26)25-20(2)17-21-18-23-19-24-21/h20-26H,3-19H2,1-2H3/t20-,21?,22?/m1/s1. The topological polar surface area (TPSA) is 56.3 Å². The maximum absolute atomic E-state index is 10.1. The lowest BCUT2D eigenvalue weighted by Gasteiger charge is -2.21. The highest BCUT2D eigenvalue weighted by Crippen LogP contribution is 2.13. The highest BCUT2D eigenvalue weighted by molar-refractivity contribution is 4.79. The molecular formula is C22H47N3O. The Morgan fingerprint density at radius 3 is 1.92 bits per heavy atom. The minimum absolute atomic E-state index is 0.341. The van der Waals surface area contributed by atoms with Crippen LogP contribution in [0.3, 0.4) is 0 Å². The largest absolute Gasteiger partial charge is 0.379 e. The lowest BCUT2D eigenvalue weighted by atomic mass is 10.0. The van der Waals surface area contributed by atoms with Crippen molar-refractivity contribution in [2.75, 3.05) is 13.2 Å². The molecule has 4 N–H and O–H groups in total. The third-order valence-corrected chi connectivity index (χ3v) is 5.60. The van der Waals surface area contributed by atoms with E-state index in [0.717, 1.165) is 32.5 Å². The van der Waals surface area contributed by atoms with Gasteiger partial charge in [0.15, 0.2) is 0 Å². The average molecular weight is 370 g/mol. The highest BCUT2D eigenvalue weighted by atomic mass is 16.3. The van der Waals surface area contributed by atoms with Crippen LogP contribution in [0.1, 0.15) is 110 Å². The molecule has 4 heteroatoms. The summed E-state index contributed by atoms with van der Waals surface area (Å²) in [5, 5.41) is 20.2. The fourth-order valence-corrected chi connectivity index (χ4v) is 3.96. The molecule has 1 saturated heterocycles. The van der Waals surface area contributed by atoms with Crippen molar-refractivity contribution in [2.45, 2.75) is 128 Å². The van der Waals surface area contributed by atoms with Gasteiger partial charge in [0, 0.05) is 25.3 Å². The molecule has 1 aliphatic rings. The molecule has 1 rings (SSSR count). The zero-order valence-corrected chi connectivity index (χ0v) is 17.7. The number of aliphatic hydroxyl groups is 1. The minimum atomic E-state index is -0.341. The minimum Gasteiger partial charge on any atom is -0.379 e. The van der Waals surface area contributed by atoms with Gasteiger partial charge >= 0.3 is 0 Å². The Hall–Kier alpha value is -0.160. The summed E-state index contributed by atoms with van der Waals surface area (Å²) in [6.45, 7) is 6.41. The average Bonchev–Trinajstić information content (AvgIpc) is 3.11. The molecule has 1 aliphatic heterocycles. The molecule has 26 heavy (non-hydrogen) atoms. The van der Waals surface area contributed by atoms with Crippen molar-refractivity contribution in [3.8, 4) is 0 Å². The van der Waals surface area contributed by atoms with E-state index in [1.165, 1.54) is 77.0 Å². The molecule has 1 fully saturated rings. The first-order valence-electron chi connectivity index (χ1n) is 11.6. The Labute approximate surface area is 163 Å². The van der Waals surface area contributed by atoms with E-state index in [4.69, 9.17) is 0 Å². The van der Waals surface area contributed by atoms with Gasteiger partial charge < -0.3 is 15.7 Å². The Morgan fingerprint density at radius 1 is 0.885 bits per heavy atom. The SMILES string of the molecule is CCCCCCCCCCCCCCCC(O)N[C@H](C)CC1CNCN1. The van der Waals surface area contributed by atoms with Crippen molar-refractivity contribution in [3.63, 3.8) is 0 Å². The summed E-state index contributed by atoms with van der Waals surface area (Å²) in [6, 6.07) is 0.908. The molecule has 0 aliphatic carbocycles. The molecule has 0 radical (unpaired) electrons. The lowest BCUT2D eigenvalue weighted by molar-refractivity contribution is 0.109. The number of aliphatic hydroxyl groups excluding tert-OH is 1. The van der Waals surface area contributed by atoms with E-state index < -0.39 is 0 Å². The summed E-state index contributed by atoms with van der Waals surface area (Å²) in [6.07, 6.45) is 19.5. The molecule has 0 saturated carbocycles. The molecular weight excluding hydrogens is 322 g/mol. The van der Waals surface area contributed by atoms with Gasteiger partial charge in [-0.2, -0.15) is 0 Å². The van der Waals surface area contributed by atoms with Gasteiger partial charge in [-0.3, -0.25) is 5.32 Å². The smallest absolute Gasteiger partial charge is 0.105 e. The van der Waals surface area contributed by atoms with Gasteiger partial charge in [-0.15, -0.1) is 0 Å². The van der Waals surface area contributed by atoms with E-state index in [0.29, 0.717) is 12.1 Å². The summed E-state index contributed by atoms with van der Waals surface area (Å²) >= 11 is 0. The maximum Gasteiger partial charge on any atom is 0.105 e. The van der Waals surface area contributed by atoms with Crippen LogP contribution in [-0.4, -0.2) is 36.6 Å². The number of nitrogens with one attached hydrogen (secondary N) is 3. The summed E-state index contributed by atoms with van der Waals surface area (Å²) in [4.78, 5) is 0. The fraction of sp³-hybridized carbons (Fsp3) is 1.00. The van der Waals surface area contributed by atoms with Crippen molar-refractivity contribution < 1.29 is 5.11 Å². The third kappa shape index (κ3) is 14.0. The van der Waals surface area contributed by atoms with Gasteiger partial charge in [-0.1, -0.05) is 84.0 Å². The van der Waals surface area contributed by atoms with Crippen molar-refractivity contribution in [1.82, 2.24) is 16.0 Å². The number of rotatable bonds is 18. The number of hydrogen-bond donors (Lipinski definition) is 4. The predicted molar refractivity (Wildman–Crippen MR) is 113 cm³/mol. The molecule has 0 aromatic carbocycles. The second-order valence-corrected chi connectivity index (χ2v) is 8.38. The zero-order valence-electron chi connectivity index (χ0n) is 17.7. The molecule has 0 spiro atoms. The molecule has 4 nitrogen and oxygen atoms in total. The fourth-order valence-electron chi connectivity index (χ4n) is 3.96. The van der Waals surface area contributed by atoms with E-state index in [-0.39, 0.29) is 6.23 Å². The van der Waals surface area contributed by atoms with Crippen LogP contribution in [0, 0.1) is 0 Å². The molecule has 0 aromatic rings. The highest BCUT2D eigenvalue weighted by Gasteiger charge is 2.17. The van der Waals surface area contributed by atoms with E-state index in [2.05, 4.69) is 29.8 Å². The second-order valence-electron chi connectivity index (χ2n) is 8.38. The molecule has 2 unspecified atom stereocenters. The first kappa shape index (κ1) is 23.9. The van der Waals surface area contributed by atoms with E-state index >= 15 is 0 Å². The summed E-state index contributed by atoms with van der Waals surface area (Å²) < 4.78 is 0. The Kier molecular flexibility index (Phi) is 15.6. The van der Waals surface area contributed by atoms with E-state index in [1.807, 2.05) is 0 Å². The van der Waals surface area contributed by atoms with Crippen molar-refractivity contribution in [2.24, 2.45) is 0 Å². The zero-order chi connectivity index (χ0) is 18.9. The van der Waals surface area contributed by atoms with Crippen molar-refractivity contribution >= 4 is 0 Å². The van der Waals surface area contributed by atoms with E-state index in [1.54, 1.807) is 0 Å². The van der Waals surface area contributed by atoms with Crippen LogP contribution in [0.5, 0.6) is 0 Å². The first-order valence-corrected chi connectivity index (χ1v) is 11.6. The van der Waals surface area contributed by atoms with Crippen molar-refractivity contribution in [1.29, 1.82) is 0 Å². The van der Waals surface area contributed by atoms with Gasteiger partial charge in [0.25, 0.3) is 0 Å². The molecule has 0 bridgehead atoms. The summed E-state index contributed by atoms with van der Waals surface area (Å²) in [5.74, 6) is 0. The normalized spacial score (nSPS) is 19.7. The molecule has 156 valence electrons. The quantitative estimate of drug-likeness (QED) is 0.209. The van der Waals surface area contributed by atoms with Crippen LogP contribution < -0.4 is 16.0 Å². The Morgan fingerprint density at radius 2 is 1.42 bits per heavy atom. The van der Waals surface area contributed by atoms with Gasteiger partial charge in [-0.25, -0.2) is 0 Å². The Balaban J connectivity index is 1.79. The van der Waals surface area contributed by atoms with Crippen LogP contribution in [0.15, 0.2) is 0 Å². The summed E-state index contributed by atoms with van der Waals surface area (Å²) in [7, 11) is 0. The lowest BCUT2D eigenvalue weighted by Crippen LogP contribution is -2.40. The Bertz CT molecular complexity index is 295. The third-order valence-electron chi connectivity index (χ3n) is 5.60. The molecule has 1 heterocycles. The van der Waals surface area contributed by atoms with E-state index in [9.17, 15) is 5.11 Å². The summed E-state index contributed by atoms with van der Waals surface area (Å²) in [5.41, 5.74) is 0. The predicted octanol–water partition coefficient (Wildman–Crippen LogP) is 4.67. The first-order chi connectivity index (χ1) is 12.7. The van der Waals surface area contributed by atoms with Crippen LogP contribution >= 0.6 is 0 Å². The van der Waals surface area contributed by atoms with Crippen LogP contribution in [0.2, 0.25) is 0 Å². The van der Waals surface area contributed by atoms with Gasteiger partial charge in [0.1, 0.15) is 6.23 Å². The van der Waals surface area contributed by atoms with Crippen LogP contribution in [0.25, 0.3) is 0 Å². The van der Waals surface area contributed by atoms with Gasteiger partial charge in [0.2, 0.25) is 0 Å². The monoisotopic (exact) mass is 369 g/mol. The molecule has 0 aromatic heterocycles.